The van der Waals surface area contributed by atoms with Crippen molar-refractivity contribution in [2.45, 2.75) is 92.7 Å². The Kier molecular flexibility index (Phi) is 26.2. The predicted molar refractivity (Wildman–Crippen MR) is 163 cm³/mol. The molecule has 0 aliphatic carbocycles. The minimum absolute atomic E-state index is 0.00151. The Bertz CT molecular complexity index is 709. The quantitative estimate of drug-likeness (QED) is 0.242. The summed E-state index contributed by atoms with van der Waals surface area (Å²) in [6.45, 7) is 17.1. The number of carbonyl (C=O) groups excluding carboxylic acids is 1. The minimum Gasteiger partial charge on any atom is -0.446 e. The molecule has 1 aliphatic heterocycles. The van der Waals surface area contributed by atoms with Crippen LogP contribution in [0.3, 0.4) is 0 Å². The maximum atomic E-state index is 12.7. The lowest BCUT2D eigenvalue weighted by atomic mass is 9.96. The third kappa shape index (κ3) is 16.6. The van der Waals surface area contributed by atoms with Crippen LogP contribution in [-0.2, 0) is 11.2 Å². The van der Waals surface area contributed by atoms with Crippen LogP contribution in [0, 0.1) is 0 Å². The van der Waals surface area contributed by atoms with E-state index in [1.807, 2.05) is 65.8 Å². The molecule has 0 spiro atoms. The summed E-state index contributed by atoms with van der Waals surface area (Å²) >= 11 is 3.53. The number of amides is 1. The molecule has 0 bridgehead atoms. The van der Waals surface area contributed by atoms with Crippen molar-refractivity contribution in [1.29, 1.82) is 0 Å². The summed E-state index contributed by atoms with van der Waals surface area (Å²) < 4.78 is 5.79. The van der Waals surface area contributed by atoms with Crippen molar-refractivity contribution in [3.63, 3.8) is 0 Å². The number of ether oxygens (including phenoxy) is 1. The highest BCUT2D eigenvalue weighted by molar-refractivity contribution is 7.79. The van der Waals surface area contributed by atoms with Gasteiger partial charge in [0.05, 0.1) is 6.04 Å². The van der Waals surface area contributed by atoms with Crippen LogP contribution in [0.15, 0.2) is 66.3 Å². The van der Waals surface area contributed by atoms with Gasteiger partial charge >= 0.3 is 6.09 Å². The fraction of sp³-hybridized carbons (Fsp3) is 0.581. The van der Waals surface area contributed by atoms with E-state index >= 15 is 0 Å². The van der Waals surface area contributed by atoms with E-state index in [-0.39, 0.29) is 18.2 Å². The van der Waals surface area contributed by atoms with Gasteiger partial charge in [-0.3, -0.25) is 4.90 Å². The van der Waals surface area contributed by atoms with Crippen molar-refractivity contribution < 1.29 is 9.53 Å². The molecule has 0 aromatic heterocycles. The average Bonchev–Trinajstić information content (AvgIpc) is 2.94. The highest BCUT2D eigenvalue weighted by Gasteiger charge is 2.24. The summed E-state index contributed by atoms with van der Waals surface area (Å²) in [6.07, 6.45) is 16.6. The lowest BCUT2D eigenvalue weighted by molar-refractivity contribution is 0.0525. The van der Waals surface area contributed by atoms with Crippen LogP contribution in [0.5, 0.6) is 0 Å². The number of hydrogen-bond donors (Lipinski definition) is 2. The lowest BCUT2D eigenvalue weighted by Crippen LogP contribution is -2.43. The number of allylic oxidation sites excluding steroid dienone is 4. The molecular weight excluding hydrogens is 464 g/mol. The van der Waals surface area contributed by atoms with Crippen LogP contribution in [0.25, 0.3) is 0 Å². The summed E-state index contributed by atoms with van der Waals surface area (Å²) in [7, 11) is 0. The molecule has 206 valence electrons. The Morgan fingerprint density at radius 3 is 2.19 bits per heavy atom. The van der Waals surface area contributed by atoms with Crippen LogP contribution in [0.4, 0.5) is 4.79 Å². The van der Waals surface area contributed by atoms with E-state index in [2.05, 4.69) is 66.2 Å². The van der Waals surface area contributed by atoms with Crippen LogP contribution in [0.2, 0.25) is 0 Å². The number of thiol groups is 1. The third-order valence-electron chi connectivity index (χ3n) is 5.56. The van der Waals surface area contributed by atoms with Crippen molar-refractivity contribution in [3.8, 4) is 0 Å². The number of nitrogens with one attached hydrogen (secondary N) is 1. The normalized spacial score (nSPS) is 15.1. The van der Waals surface area contributed by atoms with E-state index in [4.69, 9.17) is 4.74 Å². The zero-order valence-electron chi connectivity index (χ0n) is 24.3. The van der Waals surface area contributed by atoms with E-state index in [1.54, 1.807) is 6.26 Å². The summed E-state index contributed by atoms with van der Waals surface area (Å²) in [6, 6.07) is 10.2. The average molecular weight is 519 g/mol. The predicted octanol–water partition coefficient (Wildman–Crippen LogP) is 8.27. The van der Waals surface area contributed by atoms with Gasteiger partial charge in [0.1, 0.15) is 6.10 Å². The second kappa shape index (κ2) is 26.1. The maximum absolute atomic E-state index is 12.7. The molecule has 1 amide bonds. The number of hydrogen-bond acceptors (Lipinski definition) is 4. The topological polar surface area (TPSA) is 41.6 Å². The van der Waals surface area contributed by atoms with E-state index in [1.165, 1.54) is 11.1 Å². The molecule has 0 radical (unpaired) electrons. The highest BCUT2D eigenvalue weighted by Crippen LogP contribution is 2.17. The number of alkyl carbamates (subject to hydrolysis) is 1. The van der Waals surface area contributed by atoms with Crippen LogP contribution >= 0.6 is 12.6 Å². The van der Waals surface area contributed by atoms with Crippen LogP contribution in [0.1, 0.15) is 79.7 Å². The van der Waals surface area contributed by atoms with Gasteiger partial charge in [-0.1, -0.05) is 95.3 Å². The van der Waals surface area contributed by atoms with Gasteiger partial charge in [0.25, 0.3) is 0 Å². The summed E-state index contributed by atoms with van der Waals surface area (Å²) in [4.78, 5) is 15.1. The number of carbonyl (C=O) groups is 1. The van der Waals surface area contributed by atoms with Gasteiger partial charge in [-0.15, -0.1) is 0 Å². The monoisotopic (exact) mass is 518 g/mol. The van der Waals surface area contributed by atoms with Crippen molar-refractivity contribution in [2.75, 3.05) is 25.9 Å². The second-order valence-electron chi connectivity index (χ2n) is 7.81. The fourth-order valence-electron chi connectivity index (χ4n) is 3.77. The third-order valence-corrected chi connectivity index (χ3v) is 5.56. The fourth-order valence-corrected chi connectivity index (χ4v) is 3.77. The first-order valence-electron chi connectivity index (χ1n) is 13.8. The van der Waals surface area contributed by atoms with Crippen molar-refractivity contribution in [3.05, 3.63) is 71.8 Å². The van der Waals surface area contributed by atoms with Gasteiger partial charge in [-0.25, -0.2) is 4.79 Å². The molecular formula is C31H54N2O2S. The van der Waals surface area contributed by atoms with Gasteiger partial charge < -0.3 is 10.1 Å². The summed E-state index contributed by atoms with van der Waals surface area (Å²) in [5, 5.41) is 3.14. The van der Waals surface area contributed by atoms with Gasteiger partial charge in [-0.05, 0) is 63.3 Å². The molecule has 2 rings (SSSR count). The molecule has 5 heteroatoms. The van der Waals surface area contributed by atoms with E-state index in [0.717, 1.165) is 51.7 Å². The number of piperidine rings is 1. The molecule has 1 aromatic rings. The molecule has 1 heterocycles. The summed E-state index contributed by atoms with van der Waals surface area (Å²) in [5.74, 6) is 0. The van der Waals surface area contributed by atoms with Gasteiger partial charge in [0, 0.05) is 19.6 Å². The number of rotatable bonds is 10. The second-order valence-corrected chi connectivity index (χ2v) is 7.81. The molecule has 1 aromatic carbocycles. The molecule has 1 saturated heterocycles. The van der Waals surface area contributed by atoms with Crippen LogP contribution < -0.4 is 5.32 Å². The SMILES string of the molecule is C/C=C\C/C(=C\C)C(Cc1ccccc1)NC(=O)OC1CCN(C/C=C/CC)CC1.CC.CC.CS. The van der Waals surface area contributed by atoms with Gasteiger partial charge in [0.2, 0.25) is 0 Å². The Morgan fingerprint density at radius 1 is 1.06 bits per heavy atom. The highest BCUT2D eigenvalue weighted by atomic mass is 32.1. The van der Waals surface area contributed by atoms with Crippen molar-refractivity contribution in [2.24, 2.45) is 0 Å². The zero-order valence-corrected chi connectivity index (χ0v) is 25.2. The Morgan fingerprint density at radius 2 is 1.67 bits per heavy atom. The zero-order chi connectivity index (χ0) is 27.6. The van der Waals surface area contributed by atoms with E-state index in [9.17, 15) is 4.79 Å². The van der Waals surface area contributed by atoms with E-state index < -0.39 is 0 Å². The van der Waals surface area contributed by atoms with Gasteiger partial charge in [0.15, 0.2) is 0 Å². The standard InChI is InChI=1S/C26H38N2O2.2C2H6.CH4S/c1-4-7-12-18-28-19-16-24(17-20-28)30-26(29)27-25(23(6-3)15-8-5-2)21-22-13-10-9-11-14-22;3*1-2/h5-14,24-25H,4,15-21H2,1-3H3,(H,27,29);2*1-2H3;2H,1H3/b8-5-,12-7+,23-6+;;;. The maximum Gasteiger partial charge on any atom is 0.407 e. The molecule has 1 N–H and O–H groups in total. The molecule has 1 atom stereocenters. The Balaban J connectivity index is 0. The molecule has 1 aliphatic rings. The van der Waals surface area contributed by atoms with Crippen LogP contribution in [-0.4, -0.2) is 49.0 Å². The smallest absolute Gasteiger partial charge is 0.407 e. The first kappa shape index (κ1) is 36.2. The summed E-state index contributed by atoms with van der Waals surface area (Å²) in [5.41, 5.74) is 2.41. The first-order valence-corrected chi connectivity index (χ1v) is 14.6. The van der Waals surface area contributed by atoms with Crippen molar-refractivity contribution in [1.82, 2.24) is 10.2 Å². The number of benzene rings is 1. The minimum atomic E-state index is -0.305. The largest absolute Gasteiger partial charge is 0.446 e. The van der Waals surface area contributed by atoms with Gasteiger partial charge in [-0.2, -0.15) is 12.6 Å². The number of likely N-dealkylation sites (tertiary alicyclic amines) is 1. The Hall–Kier alpha value is -1.98. The molecule has 4 nitrogen and oxygen atoms in total. The molecule has 0 saturated carbocycles. The Labute approximate surface area is 228 Å². The molecule has 1 fully saturated rings. The van der Waals surface area contributed by atoms with E-state index in [0.29, 0.717) is 0 Å². The first-order chi connectivity index (χ1) is 17.7. The number of nitrogens with zero attached hydrogens (tertiary/aromatic N) is 1. The lowest BCUT2D eigenvalue weighted by Gasteiger charge is -2.31. The van der Waals surface area contributed by atoms with Crippen molar-refractivity contribution >= 4 is 18.7 Å². The molecule has 1 unspecified atom stereocenters. The molecule has 36 heavy (non-hydrogen) atoms.